The highest BCUT2D eigenvalue weighted by Gasteiger charge is 2.24. The van der Waals surface area contributed by atoms with Gasteiger partial charge >= 0.3 is 5.97 Å². The second kappa shape index (κ2) is 9.38. The number of benzene rings is 2. The fourth-order valence-corrected chi connectivity index (χ4v) is 2.59. The van der Waals surface area contributed by atoms with Crippen molar-refractivity contribution in [2.45, 2.75) is 19.4 Å². The standard InChI is InChI=1S/C20H22N2O5/c1-13(23)21-17-10-5-4-9-16(17)19(24)22-18(20(25)27-3)12-14-7-6-8-15(11-14)26-2/h4-11,18H,12H2,1-3H3,(H,21,23)(H,22,24)/t18-/m0/s1. The number of carbonyl (C=O) groups is 3. The maximum atomic E-state index is 12.7. The van der Waals surface area contributed by atoms with Gasteiger partial charge in [0.2, 0.25) is 5.91 Å². The van der Waals surface area contributed by atoms with Crippen molar-refractivity contribution in [3.05, 3.63) is 59.7 Å². The third-order valence-corrected chi connectivity index (χ3v) is 3.85. The van der Waals surface area contributed by atoms with Crippen LogP contribution in [0.1, 0.15) is 22.8 Å². The summed E-state index contributed by atoms with van der Waals surface area (Å²) >= 11 is 0. The average molecular weight is 370 g/mol. The van der Waals surface area contributed by atoms with Gasteiger partial charge in [-0.15, -0.1) is 0 Å². The normalized spacial score (nSPS) is 11.2. The van der Waals surface area contributed by atoms with Crippen molar-refractivity contribution in [1.82, 2.24) is 5.32 Å². The van der Waals surface area contributed by atoms with Crippen LogP contribution in [0.2, 0.25) is 0 Å². The van der Waals surface area contributed by atoms with E-state index in [0.717, 1.165) is 5.56 Å². The van der Waals surface area contributed by atoms with Gasteiger partial charge in [0.15, 0.2) is 0 Å². The molecule has 0 bridgehead atoms. The fraction of sp³-hybridized carbons (Fsp3) is 0.250. The molecule has 2 aromatic carbocycles. The molecule has 0 heterocycles. The Morgan fingerprint density at radius 3 is 2.44 bits per heavy atom. The third kappa shape index (κ3) is 5.57. The summed E-state index contributed by atoms with van der Waals surface area (Å²) in [5, 5.41) is 5.28. The van der Waals surface area contributed by atoms with E-state index >= 15 is 0 Å². The van der Waals surface area contributed by atoms with E-state index in [9.17, 15) is 14.4 Å². The van der Waals surface area contributed by atoms with Crippen LogP contribution in [0.5, 0.6) is 5.75 Å². The molecule has 27 heavy (non-hydrogen) atoms. The van der Waals surface area contributed by atoms with E-state index in [4.69, 9.17) is 9.47 Å². The molecular weight excluding hydrogens is 348 g/mol. The van der Waals surface area contributed by atoms with Gasteiger partial charge in [-0.1, -0.05) is 24.3 Å². The molecule has 142 valence electrons. The molecule has 0 spiro atoms. The van der Waals surface area contributed by atoms with Crippen LogP contribution in [0, 0.1) is 0 Å². The van der Waals surface area contributed by atoms with Gasteiger partial charge in [-0.25, -0.2) is 4.79 Å². The Morgan fingerprint density at radius 2 is 1.78 bits per heavy atom. The van der Waals surface area contributed by atoms with Gasteiger partial charge < -0.3 is 20.1 Å². The molecule has 0 unspecified atom stereocenters. The number of methoxy groups -OCH3 is 2. The predicted octanol–water partition coefficient (Wildman–Crippen LogP) is 2.17. The van der Waals surface area contributed by atoms with Crippen LogP contribution in [0.4, 0.5) is 5.69 Å². The van der Waals surface area contributed by atoms with Crippen LogP contribution in [0.3, 0.4) is 0 Å². The summed E-state index contributed by atoms with van der Waals surface area (Å²) < 4.78 is 10.0. The van der Waals surface area contributed by atoms with Crippen molar-refractivity contribution in [3.63, 3.8) is 0 Å². The van der Waals surface area contributed by atoms with Gasteiger partial charge in [0.25, 0.3) is 5.91 Å². The highest BCUT2D eigenvalue weighted by atomic mass is 16.5. The summed E-state index contributed by atoms with van der Waals surface area (Å²) in [4.78, 5) is 36.2. The Labute approximate surface area is 157 Å². The summed E-state index contributed by atoms with van der Waals surface area (Å²) in [6.45, 7) is 1.36. The van der Waals surface area contributed by atoms with Crippen LogP contribution in [0.25, 0.3) is 0 Å². The topological polar surface area (TPSA) is 93.7 Å². The number of nitrogens with one attached hydrogen (secondary N) is 2. The zero-order valence-electron chi connectivity index (χ0n) is 15.4. The number of amides is 2. The number of rotatable bonds is 7. The minimum absolute atomic E-state index is 0.234. The number of anilines is 1. The molecule has 0 fully saturated rings. The Hall–Kier alpha value is -3.35. The van der Waals surface area contributed by atoms with E-state index in [1.807, 2.05) is 6.07 Å². The number of hydrogen-bond acceptors (Lipinski definition) is 5. The summed E-state index contributed by atoms with van der Waals surface area (Å²) in [7, 11) is 2.82. The first-order valence-corrected chi connectivity index (χ1v) is 8.32. The molecular formula is C20H22N2O5. The molecule has 2 N–H and O–H groups in total. The Kier molecular flexibility index (Phi) is 6.93. The van der Waals surface area contributed by atoms with Gasteiger partial charge in [-0.3, -0.25) is 9.59 Å². The van der Waals surface area contributed by atoms with Gasteiger partial charge in [-0.2, -0.15) is 0 Å². The molecule has 2 rings (SSSR count). The minimum atomic E-state index is -0.889. The monoisotopic (exact) mass is 370 g/mol. The second-order valence-corrected chi connectivity index (χ2v) is 5.83. The summed E-state index contributed by atoms with van der Waals surface area (Å²) in [5.41, 5.74) is 1.43. The van der Waals surface area contributed by atoms with E-state index in [1.165, 1.54) is 14.0 Å². The highest BCUT2D eigenvalue weighted by molar-refractivity contribution is 6.04. The molecule has 2 amide bonds. The first-order valence-electron chi connectivity index (χ1n) is 8.32. The molecule has 0 radical (unpaired) electrons. The van der Waals surface area contributed by atoms with E-state index < -0.39 is 17.9 Å². The molecule has 0 aliphatic rings. The summed E-state index contributed by atoms with van der Waals surface area (Å²) in [6, 6.07) is 12.9. The zero-order valence-corrected chi connectivity index (χ0v) is 15.4. The minimum Gasteiger partial charge on any atom is -0.497 e. The van der Waals surface area contributed by atoms with E-state index in [1.54, 1.807) is 49.6 Å². The quantitative estimate of drug-likeness (QED) is 0.729. The second-order valence-electron chi connectivity index (χ2n) is 5.83. The largest absolute Gasteiger partial charge is 0.497 e. The van der Waals surface area contributed by atoms with Crippen molar-refractivity contribution in [2.24, 2.45) is 0 Å². The first kappa shape index (κ1) is 20.0. The van der Waals surface area contributed by atoms with Crippen LogP contribution in [-0.2, 0) is 20.7 Å². The van der Waals surface area contributed by atoms with Crippen molar-refractivity contribution in [1.29, 1.82) is 0 Å². The number of para-hydroxylation sites is 1. The van der Waals surface area contributed by atoms with Crippen LogP contribution < -0.4 is 15.4 Å². The maximum Gasteiger partial charge on any atom is 0.328 e. The first-order chi connectivity index (χ1) is 12.9. The zero-order chi connectivity index (χ0) is 19.8. The maximum absolute atomic E-state index is 12.7. The summed E-state index contributed by atoms with van der Waals surface area (Å²) in [6.07, 6.45) is 0.234. The molecule has 2 aromatic rings. The fourth-order valence-electron chi connectivity index (χ4n) is 2.59. The predicted molar refractivity (Wildman–Crippen MR) is 101 cm³/mol. The molecule has 1 atom stereocenters. The van der Waals surface area contributed by atoms with E-state index in [2.05, 4.69) is 10.6 Å². The lowest BCUT2D eigenvalue weighted by Gasteiger charge is -2.18. The molecule has 7 nitrogen and oxygen atoms in total. The Morgan fingerprint density at radius 1 is 1.04 bits per heavy atom. The molecule has 0 saturated heterocycles. The lowest BCUT2D eigenvalue weighted by Crippen LogP contribution is -2.43. The number of ether oxygens (including phenoxy) is 2. The molecule has 7 heteroatoms. The van der Waals surface area contributed by atoms with Crippen molar-refractivity contribution in [2.75, 3.05) is 19.5 Å². The third-order valence-electron chi connectivity index (χ3n) is 3.85. The summed E-state index contributed by atoms with van der Waals surface area (Å²) in [5.74, 6) is -0.699. The van der Waals surface area contributed by atoms with Crippen LogP contribution in [0.15, 0.2) is 48.5 Å². The molecule has 0 aliphatic heterocycles. The lowest BCUT2D eigenvalue weighted by molar-refractivity contribution is -0.142. The number of esters is 1. The number of hydrogen-bond donors (Lipinski definition) is 2. The van der Waals surface area contributed by atoms with Gasteiger partial charge in [-0.05, 0) is 29.8 Å². The smallest absolute Gasteiger partial charge is 0.328 e. The van der Waals surface area contributed by atoms with E-state index in [0.29, 0.717) is 11.4 Å². The Balaban J connectivity index is 2.22. The molecule has 0 aromatic heterocycles. The highest BCUT2D eigenvalue weighted by Crippen LogP contribution is 2.17. The van der Waals surface area contributed by atoms with Gasteiger partial charge in [0, 0.05) is 13.3 Å². The average Bonchev–Trinajstić information content (AvgIpc) is 2.66. The van der Waals surface area contributed by atoms with Crippen molar-refractivity contribution >= 4 is 23.5 Å². The molecule has 0 saturated carbocycles. The number of carbonyl (C=O) groups excluding carboxylic acids is 3. The van der Waals surface area contributed by atoms with Crippen LogP contribution >= 0.6 is 0 Å². The van der Waals surface area contributed by atoms with Gasteiger partial charge in [0.05, 0.1) is 25.5 Å². The lowest BCUT2D eigenvalue weighted by atomic mass is 10.0. The SMILES string of the molecule is COC(=O)[C@H](Cc1cccc(OC)c1)NC(=O)c1ccccc1NC(C)=O. The molecule has 0 aliphatic carbocycles. The van der Waals surface area contributed by atoms with E-state index in [-0.39, 0.29) is 17.9 Å². The van der Waals surface area contributed by atoms with Crippen molar-refractivity contribution < 1.29 is 23.9 Å². The Bertz CT molecular complexity index is 835. The van der Waals surface area contributed by atoms with Crippen LogP contribution in [-0.4, -0.2) is 38.0 Å². The van der Waals surface area contributed by atoms with Gasteiger partial charge in [0.1, 0.15) is 11.8 Å². The van der Waals surface area contributed by atoms with Crippen molar-refractivity contribution in [3.8, 4) is 5.75 Å².